The van der Waals surface area contributed by atoms with Crippen LogP contribution in [0, 0.1) is 0 Å². The number of hydrogen-bond donors (Lipinski definition) is 2. The van der Waals surface area contributed by atoms with Gasteiger partial charge in [-0.15, -0.1) is 6.58 Å². The number of nitrogens with two attached hydrogens (primary N) is 1. The van der Waals surface area contributed by atoms with Crippen LogP contribution in [0.25, 0.3) is 0 Å². The number of hydrogen-bond acceptors (Lipinski definition) is 3. The summed E-state index contributed by atoms with van der Waals surface area (Å²) >= 11 is 1.88. The lowest BCUT2D eigenvalue weighted by atomic mass is 10.1. The Morgan fingerprint density at radius 3 is 2.71 bits per heavy atom. The highest BCUT2D eigenvalue weighted by molar-refractivity contribution is 7.98. The van der Waals surface area contributed by atoms with Crippen LogP contribution in [-0.2, 0) is 0 Å². The predicted octanol–water partition coefficient (Wildman–Crippen LogP) is 2.71. The minimum absolute atomic E-state index is 0.506. The molecule has 1 atom stereocenters. The zero-order chi connectivity index (χ0) is 10.6. The van der Waals surface area contributed by atoms with Crippen LogP contribution in [0.2, 0.25) is 0 Å². The average Bonchev–Trinajstić information content (AvgIpc) is 2.22. The first-order valence-corrected chi connectivity index (χ1v) is 6.80. The number of unbranched alkanes of at least 4 members (excludes halogenated alkanes) is 3. The molecule has 0 aliphatic carbocycles. The third-order valence-electron chi connectivity index (χ3n) is 2.37. The second kappa shape index (κ2) is 11.1. The SMILES string of the molecule is C=CCCCCCC(CCSC)NN. The number of nitrogens with one attached hydrogen (secondary N) is 1. The van der Waals surface area contributed by atoms with Crippen molar-refractivity contribution < 1.29 is 0 Å². The van der Waals surface area contributed by atoms with Crippen molar-refractivity contribution in [3.63, 3.8) is 0 Å². The van der Waals surface area contributed by atoms with Crippen LogP contribution in [0.15, 0.2) is 12.7 Å². The van der Waals surface area contributed by atoms with Crippen molar-refractivity contribution >= 4 is 11.8 Å². The van der Waals surface area contributed by atoms with Crippen molar-refractivity contribution in [2.24, 2.45) is 5.84 Å². The lowest BCUT2D eigenvalue weighted by molar-refractivity contribution is 0.458. The summed E-state index contributed by atoms with van der Waals surface area (Å²) in [5.74, 6) is 6.67. The van der Waals surface area contributed by atoms with E-state index < -0.39 is 0 Å². The van der Waals surface area contributed by atoms with E-state index in [0.29, 0.717) is 6.04 Å². The molecule has 0 heterocycles. The average molecular weight is 216 g/mol. The molecule has 0 aromatic heterocycles. The van der Waals surface area contributed by atoms with Gasteiger partial charge >= 0.3 is 0 Å². The van der Waals surface area contributed by atoms with Gasteiger partial charge in [0.25, 0.3) is 0 Å². The molecule has 0 bridgehead atoms. The molecular formula is C11H24N2S. The summed E-state index contributed by atoms with van der Waals surface area (Å²) in [5, 5.41) is 0. The summed E-state index contributed by atoms with van der Waals surface area (Å²) in [6.07, 6.45) is 11.5. The van der Waals surface area contributed by atoms with Gasteiger partial charge in [-0.25, -0.2) is 0 Å². The zero-order valence-corrected chi connectivity index (χ0v) is 10.1. The topological polar surface area (TPSA) is 38.0 Å². The monoisotopic (exact) mass is 216 g/mol. The molecule has 1 unspecified atom stereocenters. The van der Waals surface area contributed by atoms with E-state index >= 15 is 0 Å². The zero-order valence-electron chi connectivity index (χ0n) is 9.30. The Labute approximate surface area is 92.7 Å². The molecule has 0 spiro atoms. The lowest BCUT2D eigenvalue weighted by Crippen LogP contribution is -2.35. The van der Waals surface area contributed by atoms with Gasteiger partial charge in [0.1, 0.15) is 0 Å². The molecule has 0 radical (unpaired) electrons. The minimum Gasteiger partial charge on any atom is -0.271 e. The molecule has 3 heteroatoms. The van der Waals surface area contributed by atoms with Gasteiger partial charge in [0.15, 0.2) is 0 Å². The van der Waals surface area contributed by atoms with Crippen LogP contribution in [0.5, 0.6) is 0 Å². The third kappa shape index (κ3) is 8.60. The second-order valence-corrected chi connectivity index (χ2v) is 4.56. The summed E-state index contributed by atoms with van der Waals surface area (Å²) in [4.78, 5) is 0. The molecule has 0 fully saturated rings. The van der Waals surface area contributed by atoms with E-state index in [-0.39, 0.29) is 0 Å². The Morgan fingerprint density at radius 2 is 2.14 bits per heavy atom. The van der Waals surface area contributed by atoms with Gasteiger partial charge in [-0.3, -0.25) is 11.3 Å². The van der Waals surface area contributed by atoms with Crippen molar-refractivity contribution in [1.29, 1.82) is 0 Å². The summed E-state index contributed by atoms with van der Waals surface area (Å²) in [6, 6.07) is 0.506. The van der Waals surface area contributed by atoms with Crippen LogP contribution >= 0.6 is 11.8 Å². The Hall–Kier alpha value is 0.01000. The Kier molecular flexibility index (Phi) is 11.1. The predicted molar refractivity (Wildman–Crippen MR) is 67.4 cm³/mol. The van der Waals surface area contributed by atoms with E-state index in [9.17, 15) is 0 Å². The molecule has 0 aromatic carbocycles. The molecule has 0 amide bonds. The highest BCUT2D eigenvalue weighted by Crippen LogP contribution is 2.09. The van der Waals surface area contributed by atoms with Gasteiger partial charge < -0.3 is 0 Å². The van der Waals surface area contributed by atoms with E-state index in [4.69, 9.17) is 5.84 Å². The van der Waals surface area contributed by atoms with Gasteiger partial charge in [-0.1, -0.05) is 18.9 Å². The van der Waals surface area contributed by atoms with Crippen molar-refractivity contribution in [3.05, 3.63) is 12.7 Å². The first-order valence-electron chi connectivity index (χ1n) is 5.41. The van der Waals surface area contributed by atoms with Crippen molar-refractivity contribution in [2.75, 3.05) is 12.0 Å². The quantitative estimate of drug-likeness (QED) is 0.255. The van der Waals surface area contributed by atoms with Gasteiger partial charge in [0.2, 0.25) is 0 Å². The summed E-state index contributed by atoms with van der Waals surface area (Å²) in [5.41, 5.74) is 2.89. The standard InChI is InChI=1S/C11H24N2S/c1-3-4-5-6-7-8-11(13-12)9-10-14-2/h3,11,13H,1,4-10,12H2,2H3. The molecule has 0 saturated carbocycles. The minimum atomic E-state index is 0.506. The van der Waals surface area contributed by atoms with Crippen LogP contribution in [-0.4, -0.2) is 18.1 Å². The molecule has 0 rings (SSSR count). The third-order valence-corrected chi connectivity index (χ3v) is 3.01. The van der Waals surface area contributed by atoms with Crippen molar-refractivity contribution in [3.8, 4) is 0 Å². The maximum atomic E-state index is 5.48. The fraction of sp³-hybridized carbons (Fsp3) is 0.818. The highest BCUT2D eigenvalue weighted by atomic mass is 32.2. The first kappa shape index (κ1) is 14.0. The Bertz CT molecular complexity index is 128. The second-order valence-electron chi connectivity index (χ2n) is 3.57. The smallest absolute Gasteiger partial charge is 0.0218 e. The fourth-order valence-corrected chi connectivity index (χ4v) is 1.95. The van der Waals surface area contributed by atoms with Gasteiger partial charge in [-0.05, 0) is 37.7 Å². The molecule has 0 aliphatic rings. The molecule has 0 aliphatic heterocycles. The summed E-state index contributed by atoms with van der Waals surface area (Å²) in [6.45, 7) is 3.72. The fourth-order valence-electron chi connectivity index (χ4n) is 1.43. The maximum Gasteiger partial charge on any atom is 0.0218 e. The number of hydrazine groups is 1. The molecule has 0 aromatic rings. The largest absolute Gasteiger partial charge is 0.271 e. The first-order chi connectivity index (χ1) is 6.85. The molecule has 84 valence electrons. The highest BCUT2D eigenvalue weighted by Gasteiger charge is 2.04. The molecular weight excluding hydrogens is 192 g/mol. The van der Waals surface area contributed by atoms with Gasteiger partial charge in [0, 0.05) is 6.04 Å². The molecule has 0 saturated heterocycles. The van der Waals surface area contributed by atoms with E-state index in [1.54, 1.807) is 0 Å². The van der Waals surface area contributed by atoms with E-state index in [1.165, 1.54) is 37.9 Å². The van der Waals surface area contributed by atoms with Crippen LogP contribution in [0.4, 0.5) is 0 Å². The van der Waals surface area contributed by atoms with Gasteiger partial charge in [-0.2, -0.15) is 11.8 Å². The Balaban J connectivity index is 3.28. The summed E-state index contributed by atoms with van der Waals surface area (Å²) < 4.78 is 0. The lowest BCUT2D eigenvalue weighted by Gasteiger charge is -2.14. The Morgan fingerprint density at radius 1 is 1.36 bits per heavy atom. The number of thioether (sulfide) groups is 1. The van der Waals surface area contributed by atoms with Crippen molar-refractivity contribution in [1.82, 2.24) is 5.43 Å². The number of rotatable bonds is 10. The van der Waals surface area contributed by atoms with Crippen LogP contribution in [0.3, 0.4) is 0 Å². The van der Waals surface area contributed by atoms with E-state index in [2.05, 4.69) is 18.3 Å². The van der Waals surface area contributed by atoms with Crippen molar-refractivity contribution in [2.45, 2.75) is 44.6 Å². The van der Waals surface area contributed by atoms with E-state index in [0.717, 1.165) is 6.42 Å². The van der Waals surface area contributed by atoms with E-state index in [1.807, 2.05) is 17.8 Å². The van der Waals surface area contributed by atoms with Crippen LogP contribution in [0.1, 0.15) is 38.5 Å². The molecule has 3 N–H and O–H groups in total. The number of allylic oxidation sites excluding steroid dienone is 1. The maximum absolute atomic E-state index is 5.48. The normalized spacial score (nSPS) is 12.7. The summed E-state index contributed by atoms with van der Waals surface area (Å²) in [7, 11) is 0. The van der Waals surface area contributed by atoms with Crippen LogP contribution < -0.4 is 11.3 Å². The van der Waals surface area contributed by atoms with Gasteiger partial charge in [0.05, 0.1) is 0 Å². The molecule has 2 nitrogen and oxygen atoms in total. The molecule has 14 heavy (non-hydrogen) atoms.